The Hall–Kier alpha value is -1.40. The molecule has 5 nitrogen and oxygen atoms in total. The monoisotopic (exact) mass is 228 g/mol. The number of aryl methyl sites for hydroxylation is 1. The van der Waals surface area contributed by atoms with Crippen molar-refractivity contribution in [1.82, 2.24) is 5.32 Å². The molecule has 82 valence electrons. The number of aliphatic hydroxyl groups is 1. The minimum atomic E-state index is -1.34. The lowest BCUT2D eigenvalue weighted by Gasteiger charge is -2.07. The van der Waals surface area contributed by atoms with Crippen molar-refractivity contribution in [1.29, 1.82) is 0 Å². The topological polar surface area (TPSA) is 92.4 Å². The Morgan fingerprint density at radius 3 is 2.73 bits per heavy atom. The van der Waals surface area contributed by atoms with Crippen LogP contribution in [0.3, 0.4) is 0 Å². The van der Waals surface area contributed by atoms with Gasteiger partial charge in [-0.1, -0.05) is 0 Å². The fourth-order valence-electron chi connectivity index (χ4n) is 0.978. The summed E-state index contributed by atoms with van der Waals surface area (Å²) in [4.78, 5) is 22.0. The number of nitrogens with one attached hydrogen (secondary N) is 1. The van der Waals surface area contributed by atoms with Crippen molar-refractivity contribution in [2.45, 2.75) is 13.0 Å². The summed E-state index contributed by atoms with van der Waals surface area (Å²) in [6.45, 7) is 1.65. The average Bonchev–Trinajstić information content (AvgIpc) is 2.60. The van der Waals surface area contributed by atoms with Gasteiger partial charge < -0.3 is 16.2 Å². The molecular weight excluding hydrogens is 216 g/mol. The summed E-state index contributed by atoms with van der Waals surface area (Å²) >= 11 is 1.42. The highest BCUT2D eigenvalue weighted by Gasteiger charge is 2.14. The van der Waals surface area contributed by atoms with Crippen molar-refractivity contribution in [2.75, 3.05) is 6.54 Å². The summed E-state index contributed by atoms with van der Waals surface area (Å²) in [6.07, 6.45) is -1.34. The summed E-state index contributed by atoms with van der Waals surface area (Å²) in [5.74, 6) is -1.16. The highest BCUT2D eigenvalue weighted by Crippen LogP contribution is 2.12. The van der Waals surface area contributed by atoms with Crippen LogP contribution in [0.15, 0.2) is 10.8 Å². The van der Waals surface area contributed by atoms with Crippen molar-refractivity contribution >= 4 is 23.2 Å². The molecule has 0 aromatic carbocycles. The summed E-state index contributed by atoms with van der Waals surface area (Å²) < 4.78 is 0. The summed E-state index contributed by atoms with van der Waals surface area (Å²) in [5.41, 5.74) is 6.25. The van der Waals surface area contributed by atoms with Gasteiger partial charge in [0.15, 0.2) is 0 Å². The van der Waals surface area contributed by atoms with E-state index in [4.69, 9.17) is 10.8 Å². The van der Waals surface area contributed by atoms with Gasteiger partial charge in [-0.15, -0.1) is 0 Å². The van der Waals surface area contributed by atoms with Gasteiger partial charge in [-0.3, -0.25) is 9.59 Å². The Morgan fingerprint density at radius 1 is 1.60 bits per heavy atom. The van der Waals surface area contributed by atoms with Gasteiger partial charge in [0.2, 0.25) is 5.91 Å². The van der Waals surface area contributed by atoms with E-state index < -0.39 is 12.0 Å². The van der Waals surface area contributed by atoms with Crippen molar-refractivity contribution < 1.29 is 14.7 Å². The first-order chi connectivity index (χ1) is 7.02. The van der Waals surface area contributed by atoms with Crippen molar-refractivity contribution in [2.24, 2.45) is 5.73 Å². The zero-order valence-corrected chi connectivity index (χ0v) is 9.00. The largest absolute Gasteiger partial charge is 0.381 e. The van der Waals surface area contributed by atoms with Crippen LogP contribution in [0.25, 0.3) is 0 Å². The van der Waals surface area contributed by atoms with E-state index in [9.17, 15) is 9.59 Å². The second kappa shape index (κ2) is 4.90. The lowest BCUT2D eigenvalue weighted by Crippen LogP contribution is -2.40. The van der Waals surface area contributed by atoms with Crippen molar-refractivity contribution in [3.8, 4) is 0 Å². The number of carbonyl (C=O) groups is 2. The van der Waals surface area contributed by atoms with Crippen LogP contribution in [0, 0.1) is 6.92 Å². The smallest absolute Gasteiger partial charge is 0.252 e. The number of hydrogen-bond acceptors (Lipinski definition) is 4. The lowest BCUT2D eigenvalue weighted by atomic mass is 10.2. The number of nitrogens with two attached hydrogens (primary N) is 1. The molecule has 2 amide bonds. The Balaban J connectivity index is 2.51. The molecule has 0 fully saturated rings. The summed E-state index contributed by atoms with van der Waals surface area (Å²) in [7, 11) is 0. The van der Waals surface area contributed by atoms with E-state index in [0.29, 0.717) is 5.56 Å². The molecule has 15 heavy (non-hydrogen) atoms. The molecular formula is C9H12N2O3S. The molecule has 1 rings (SSSR count). The standard InChI is InChI=1S/C9H12N2O3S/c1-5-3-15-4-6(5)9(14)11-2-7(12)8(10)13/h3-4,7,12H,2H2,1H3,(H2,10,13)(H,11,14). The normalized spacial score (nSPS) is 12.1. The van der Waals surface area contributed by atoms with E-state index in [0.717, 1.165) is 5.56 Å². The van der Waals surface area contributed by atoms with Crippen LogP contribution in [0.1, 0.15) is 15.9 Å². The van der Waals surface area contributed by atoms with Crippen molar-refractivity contribution in [3.05, 3.63) is 21.9 Å². The highest BCUT2D eigenvalue weighted by atomic mass is 32.1. The third kappa shape index (κ3) is 3.03. The molecule has 1 heterocycles. The second-order valence-electron chi connectivity index (χ2n) is 3.10. The molecule has 4 N–H and O–H groups in total. The number of carbonyl (C=O) groups excluding carboxylic acids is 2. The second-order valence-corrected chi connectivity index (χ2v) is 3.84. The van der Waals surface area contributed by atoms with Crippen LogP contribution < -0.4 is 11.1 Å². The molecule has 0 bridgehead atoms. The van der Waals surface area contributed by atoms with Crippen LogP contribution in [0.5, 0.6) is 0 Å². The molecule has 1 atom stereocenters. The molecule has 1 aromatic rings. The highest BCUT2D eigenvalue weighted by molar-refractivity contribution is 7.08. The number of aliphatic hydroxyl groups excluding tert-OH is 1. The van der Waals surface area contributed by atoms with E-state index in [1.807, 2.05) is 12.3 Å². The average molecular weight is 228 g/mol. The van der Waals surface area contributed by atoms with Crippen LogP contribution in [-0.4, -0.2) is 29.6 Å². The SMILES string of the molecule is Cc1cscc1C(=O)NCC(O)C(N)=O. The van der Waals surface area contributed by atoms with Gasteiger partial charge >= 0.3 is 0 Å². The maximum absolute atomic E-state index is 11.5. The molecule has 0 aliphatic heterocycles. The van der Waals surface area contributed by atoms with Gasteiger partial charge in [0.1, 0.15) is 6.10 Å². The summed E-state index contributed by atoms with van der Waals surface area (Å²) in [5, 5.41) is 15.0. The maximum Gasteiger partial charge on any atom is 0.252 e. The predicted octanol–water partition coefficient (Wildman–Crippen LogP) is -0.367. The van der Waals surface area contributed by atoms with E-state index in [-0.39, 0.29) is 12.5 Å². The zero-order valence-electron chi connectivity index (χ0n) is 8.19. The van der Waals surface area contributed by atoms with Gasteiger partial charge in [-0.2, -0.15) is 11.3 Å². The van der Waals surface area contributed by atoms with Gasteiger partial charge in [-0.05, 0) is 17.9 Å². The van der Waals surface area contributed by atoms with Crippen LogP contribution in [-0.2, 0) is 4.79 Å². The quantitative estimate of drug-likeness (QED) is 0.656. The van der Waals surface area contributed by atoms with E-state index in [1.165, 1.54) is 11.3 Å². The Bertz CT molecular complexity index is 375. The molecule has 0 radical (unpaired) electrons. The van der Waals surface area contributed by atoms with Gasteiger partial charge in [0.25, 0.3) is 5.91 Å². The number of primary amides is 1. The van der Waals surface area contributed by atoms with Gasteiger partial charge in [0, 0.05) is 5.38 Å². The van der Waals surface area contributed by atoms with Gasteiger partial charge in [-0.25, -0.2) is 0 Å². The number of thiophene rings is 1. The fourth-order valence-corrected chi connectivity index (χ4v) is 1.81. The molecule has 0 saturated heterocycles. The third-order valence-corrected chi connectivity index (χ3v) is 2.75. The first-order valence-electron chi connectivity index (χ1n) is 4.30. The number of rotatable bonds is 4. The molecule has 0 spiro atoms. The molecule has 0 aliphatic rings. The van der Waals surface area contributed by atoms with E-state index >= 15 is 0 Å². The van der Waals surface area contributed by atoms with Crippen LogP contribution in [0.4, 0.5) is 0 Å². The summed E-state index contributed by atoms with van der Waals surface area (Å²) in [6, 6.07) is 0. The van der Waals surface area contributed by atoms with E-state index in [1.54, 1.807) is 5.38 Å². The molecule has 0 saturated carbocycles. The maximum atomic E-state index is 11.5. The van der Waals surface area contributed by atoms with Crippen LogP contribution in [0.2, 0.25) is 0 Å². The third-order valence-electron chi connectivity index (χ3n) is 1.88. The Kier molecular flexibility index (Phi) is 3.81. The van der Waals surface area contributed by atoms with Crippen molar-refractivity contribution in [3.63, 3.8) is 0 Å². The predicted molar refractivity (Wildman–Crippen MR) is 56.6 cm³/mol. The minimum Gasteiger partial charge on any atom is -0.381 e. The molecule has 0 aliphatic carbocycles. The number of hydrogen-bond donors (Lipinski definition) is 3. The Labute approximate surface area is 90.9 Å². The Morgan fingerprint density at radius 2 is 2.27 bits per heavy atom. The van der Waals surface area contributed by atoms with Gasteiger partial charge in [0.05, 0.1) is 12.1 Å². The fraction of sp³-hybridized carbons (Fsp3) is 0.333. The first-order valence-corrected chi connectivity index (χ1v) is 5.25. The number of amides is 2. The molecule has 6 heteroatoms. The van der Waals surface area contributed by atoms with E-state index in [2.05, 4.69) is 5.32 Å². The minimum absolute atomic E-state index is 0.163. The zero-order chi connectivity index (χ0) is 11.4. The van der Waals surface area contributed by atoms with Crippen LogP contribution >= 0.6 is 11.3 Å². The molecule has 1 aromatic heterocycles. The first kappa shape index (κ1) is 11.7. The lowest BCUT2D eigenvalue weighted by molar-refractivity contribution is -0.125. The molecule has 1 unspecified atom stereocenters.